The van der Waals surface area contributed by atoms with Crippen molar-refractivity contribution in [1.82, 2.24) is 5.32 Å². The van der Waals surface area contributed by atoms with Crippen molar-refractivity contribution in [2.24, 2.45) is 0 Å². The number of carbonyl (C=O) groups is 1. The first-order valence-corrected chi connectivity index (χ1v) is 6.65. The standard InChI is InChI=1S/C15H19NO3/c1-2-3-4-9-16-15(17)8-6-12-5-7-13-14(10-12)19-11-18-13/h5-8,10H,2-4,9,11H2,1H3,(H,16,17)/b8-6+. The maximum absolute atomic E-state index is 11.6. The lowest BCUT2D eigenvalue weighted by Crippen LogP contribution is -2.21. The highest BCUT2D eigenvalue weighted by Crippen LogP contribution is 2.32. The predicted molar refractivity (Wildman–Crippen MR) is 74.1 cm³/mol. The molecule has 0 saturated carbocycles. The molecule has 0 saturated heterocycles. The van der Waals surface area contributed by atoms with Crippen LogP contribution < -0.4 is 14.8 Å². The number of hydrogen-bond acceptors (Lipinski definition) is 3. The molecule has 0 unspecified atom stereocenters. The van der Waals surface area contributed by atoms with Gasteiger partial charge in [0, 0.05) is 12.6 Å². The van der Waals surface area contributed by atoms with Crippen LogP contribution in [0.25, 0.3) is 6.08 Å². The van der Waals surface area contributed by atoms with Crippen LogP contribution in [0.4, 0.5) is 0 Å². The van der Waals surface area contributed by atoms with Crippen LogP contribution in [0.1, 0.15) is 31.7 Å². The second-order valence-electron chi connectivity index (χ2n) is 4.44. The molecule has 1 aliphatic rings. The molecule has 0 fully saturated rings. The van der Waals surface area contributed by atoms with Crippen LogP contribution in [0.5, 0.6) is 11.5 Å². The van der Waals surface area contributed by atoms with Gasteiger partial charge in [-0.1, -0.05) is 25.8 Å². The first kappa shape index (κ1) is 13.5. The van der Waals surface area contributed by atoms with Gasteiger partial charge in [-0.05, 0) is 30.2 Å². The minimum atomic E-state index is -0.0613. The summed E-state index contributed by atoms with van der Waals surface area (Å²) in [6, 6.07) is 5.61. The molecule has 4 heteroatoms. The maximum atomic E-state index is 11.6. The summed E-state index contributed by atoms with van der Waals surface area (Å²) in [5.74, 6) is 1.42. The molecule has 1 aromatic carbocycles. The summed E-state index contributed by atoms with van der Waals surface area (Å²) >= 11 is 0. The van der Waals surface area contributed by atoms with Gasteiger partial charge in [-0.25, -0.2) is 0 Å². The topological polar surface area (TPSA) is 47.6 Å². The monoisotopic (exact) mass is 261 g/mol. The van der Waals surface area contributed by atoms with Crippen LogP contribution in [0, 0.1) is 0 Å². The largest absolute Gasteiger partial charge is 0.454 e. The van der Waals surface area contributed by atoms with E-state index in [1.54, 1.807) is 12.2 Å². The third-order valence-electron chi connectivity index (χ3n) is 2.90. The molecule has 0 radical (unpaired) electrons. The third kappa shape index (κ3) is 4.02. The zero-order valence-electron chi connectivity index (χ0n) is 11.1. The highest BCUT2D eigenvalue weighted by atomic mass is 16.7. The van der Waals surface area contributed by atoms with Gasteiger partial charge in [0.25, 0.3) is 0 Å². The summed E-state index contributed by atoms with van der Waals surface area (Å²) in [7, 11) is 0. The fourth-order valence-corrected chi connectivity index (χ4v) is 1.83. The molecule has 1 N–H and O–H groups in total. The number of fused-ring (bicyclic) bond motifs is 1. The van der Waals surface area contributed by atoms with E-state index in [1.807, 2.05) is 18.2 Å². The Bertz CT molecular complexity index is 468. The molecule has 0 aliphatic carbocycles. The summed E-state index contributed by atoms with van der Waals surface area (Å²) in [5.41, 5.74) is 0.924. The van der Waals surface area contributed by atoms with Gasteiger partial charge in [-0.15, -0.1) is 0 Å². The van der Waals surface area contributed by atoms with Crippen LogP contribution in [0.15, 0.2) is 24.3 Å². The summed E-state index contributed by atoms with van der Waals surface area (Å²) in [4.78, 5) is 11.6. The molecule has 1 aliphatic heterocycles. The van der Waals surface area contributed by atoms with Gasteiger partial charge >= 0.3 is 0 Å². The predicted octanol–water partition coefficient (Wildman–Crippen LogP) is 2.73. The summed E-state index contributed by atoms with van der Waals surface area (Å²) in [5, 5.41) is 2.86. The molecule has 1 amide bonds. The average molecular weight is 261 g/mol. The van der Waals surface area contributed by atoms with Crippen molar-refractivity contribution in [2.45, 2.75) is 26.2 Å². The van der Waals surface area contributed by atoms with E-state index in [2.05, 4.69) is 12.2 Å². The van der Waals surface area contributed by atoms with E-state index >= 15 is 0 Å². The fraction of sp³-hybridized carbons (Fsp3) is 0.400. The Morgan fingerprint density at radius 2 is 2.16 bits per heavy atom. The molecule has 0 atom stereocenters. The first-order chi connectivity index (χ1) is 9.29. The fourth-order valence-electron chi connectivity index (χ4n) is 1.83. The van der Waals surface area contributed by atoms with Crippen LogP contribution in [0.2, 0.25) is 0 Å². The Balaban J connectivity index is 1.83. The highest BCUT2D eigenvalue weighted by molar-refractivity contribution is 5.91. The summed E-state index contributed by atoms with van der Waals surface area (Å²) in [6.07, 6.45) is 6.65. The number of rotatable bonds is 6. The van der Waals surface area contributed by atoms with Crippen molar-refractivity contribution < 1.29 is 14.3 Å². The van der Waals surface area contributed by atoms with Crippen molar-refractivity contribution in [3.63, 3.8) is 0 Å². The summed E-state index contributed by atoms with van der Waals surface area (Å²) < 4.78 is 10.5. The van der Waals surface area contributed by atoms with E-state index in [4.69, 9.17) is 9.47 Å². The van der Waals surface area contributed by atoms with Gasteiger partial charge in [0.2, 0.25) is 12.7 Å². The van der Waals surface area contributed by atoms with Gasteiger partial charge < -0.3 is 14.8 Å². The molecule has 1 aromatic rings. The molecular weight excluding hydrogens is 242 g/mol. The van der Waals surface area contributed by atoms with E-state index in [-0.39, 0.29) is 12.7 Å². The lowest BCUT2D eigenvalue weighted by molar-refractivity contribution is -0.116. The molecule has 0 bridgehead atoms. The number of unbranched alkanes of at least 4 members (excludes halogenated alkanes) is 2. The van der Waals surface area contributed by atoms with Gasteiger partial charge in [-0.3, -0.25) is 4.79 Å². The van der Waals surface area contributed by atoms with Crippen LogP contribution >= 0.6 is 0 Å². The Morgan fingerprint density at radius 3 is 3.00 bits per heavy atom. The lowest BCUT2D eigenvalue weighted by atomic mass is 10.2. The van der Waals surface area contributed by atoms with Crippen molar-refractivity contribution in [3.8, 4) is 11.5 Å². The Kier molecular flexibility index (Phi) is 4.84. The summed E-state index contributed by atoms with van der Waals surface area (Å²) in [6.45, 7) is 3.14. The SMILES string of the molecule is CCCCCNC(=O)/C=C/c1ccc2c(c1)OCO2. The molecule has 102 valence electrons. The van der Waals surface area contributed by atoms with Crippen molar-refractivity contribution in [1.29, 1.82) is 0 Å². The van der Waals surface area contributed by atoms with Gasteiger partial charge in [0.1, 0.15) is 0 Å². The second kappa shape index (κ2) is 6.83. The molecule has 1 heterocycles. The van der Waals surface area contributed by atoms with E-state index in [1.165, 1.54) is 0 Å². The first-order valence-electron chi connectivity index (χ1n) is 6.65. The third-order valence-corrected chi connectivity index (χ3v) is 2.90. The van der Waals surface area contributed by atoms with Crippen LogP contribution in [0.3, 0.4) is 0 Å². The zero-order chi connectivity index (χ0) is 13.5. The van der Waals surface area contributed by atoms with E-state index in [9.17, 15) is 4.79 Å². The second-order valence-corrected chi connectivity index (χ2v) is 4.44. The van der Waals surface area contributed by atoms with Crippen molar-refractivity contribution in [2.75, 3.05) is 13.3 Å². The number of nitrogens with one attached hydrogen (secondary N) is 1. The molecule has 0 spiro atoms. The van der Waals surface area contributed by atoms with Gasteiger partial charge in [-0.2, -0.15) is 0 Å². The number of benzene rings is 1. The number of ether oxygens (including phenoxy) is 2. The number of amides is 1. The van der Waals surface area contributed by atoms with E-state index < -0.39 is 0 Å². The Labute approximate surface area is 113 Å². The van der Waals surface area contributed by atoms with E-state index in [0.29, 0.717) is 0 Å². The molecule has 2 rings (SSSR count). The van der Waals surface area contributed by atoms with Crippen molar-refractivity contribution >= 4 is 12.0 Å². The number of carbonyl (C=O) groups excluding carboxylic acids is 1. The zero-order valence-corrected chi connectivity index (χ0v) is 11.1. The molecular formula is C15H19NO3. The lowest BCUT2D eigenvalue weighted by Gasteiger charge is -2.01. The quantitative estimate of drug-likeness (QED) is 0.632. The molecule has 4 nitrogen and oxygen atoms in total. The molecule has 19 heavy (non-hydrogen) atoms. The normalized spacial score (nSPS) is 12.9. The average Bonchev–Trinajstić information content (AvgIpc) is 2.89. The highest BCUT2D eigenvalue weighted by Gasteiger charge is 2.12. The Morgan fingerprint density at radius 1 is 1.32 bits per heavy atom. The van der Waals surface area contributed by atoms with Gasteiger partial charge in [0.05, 0.1) is 0 Å². The smallest absolute Gasteiger partial charge is 0.243 e. The van der Waals surface area contributed by atoms with Crippen LogP contribution in [-0.2, 0) is 4.79 Å². The van der Waals surface area contributed by atoms with E-state index in [0.717, 1.165) is 42.9 Å². The van der Waals surface area contributed by atoms with Crippen molar-refractivity contribution in [3.05, 3.63) is 29.8 Å². The van der Waals surface area contributed by atoms with Gasteiger partial charge in [0.15, 0.2) is 11.5 Å². The molecule has 0 aromatic heterocycles. The maximum Gasteiger partial charge on any atom is 0.243 e. The van der Waals surface area contributed by atoms with Crippen LogP contribution in [-0.4, -0.2) is 19.2 Å². The minimum absolute atomic E-state index is 0.0613. The minimum Gasteiger partial charge on any atom is -0.454 e. The number of hydrogen-bond donors (Lipinski definition) is 1. The Hall–Kier alpha value is -1.97.